The van der Waals surface area contributed by atoms with Crippen molar-refractivity contribution in [3.05, 3.63) is 0 Å². The maximum absolute atomic E-state index is 12.1. The lowest BCUT2D eigenvalue weighted by molar-refractivity contribution is -0.141. The quantitative estimate of drug-likeness (QED) is 0.495. The first-order valence-electron chi connectivity index (χ1n) is 7.39. The van der Waals surface area contributed by atoms with E-state index in [1.807, 2.05) is 14.1 Å². The molecule has 0 bridgehead atoms. The van der Waals surface area contributed by atoms with Crippen molar-refractivity contribution in [3.8, 4) is 0 Å². The minimum atomic E-state index is -1.02. The van der Waals surface area contributed by atoms with Gasteiger partial charge in [-0.25, -0.2) is 0 Å². The highest BCUT2D eigenvalue weighted by Gasteiger charge is 2.35. The summed E-state index contributed by atoms with van der Waals surface area (Å²) in [5.74, 6) is 0.125. The first-order valence-corrected chi connectivity index (χ1v) is 7.39. The molecular formula is C15H31N3O2. The number of nitrogens with zero attached hydrogens (tertiary/aromatic N) is 1. The third kappa shape index (κ3) is 7.48. The van der Waals surface area contributed by atoms with Gasteiger partial charge in [0.2, 0.25) is 11.8 Å². The van der Waals surface area contributed by atoms with E-state index in [9.17, 15) is 9.59 Å². The molecule has 0 spiro atoms. The third-order valence-corrected chi connectivity index (χ3v) is 3.21. The van der Waals surface area contributed by atoms with Crippen molar-refractivity contribution in [3.63, 3.8) is 0 Å². The molecule has 2 N–H and O–H groups in total. The van der Waals surface area contributed by atoms with Gasteiger partial charge in [0.25, 0.3) is 0 Å². The normalized spacial score (nSPS) is 11.8. The Morgan fingerprint density at radius 2 is 1.55 bits per heavy atom. The summed E-state index contributed by atoms with van der Waals surface area (Å²) >= 11 is 0. The van der Waals surface area contributed by atoms with Gasteiger partial charge in [-0.05, 0) is 53.2 Å². The Labute approximate surface area is 123 Å². The predicted molar refractivity (Wildman–Crippen MR) is 82.4 cm³/mol. The van der Waals surface area contributed by atoms with Crippen LogP contribution in [0.4, 0.5) is 0 Å². The summed E-state index contributed by atoms with van der Waals surface area (Å²) < 4.78 is 0. The second-order valence-electron chi connectivity index (χ2n) is 6.48. The zero-order chi connectivity index (χ0) is 15.8. The van der Waals surface area contributed by atoms with Crippen LogP contribution in [0.25, 0.3) is 0 Å². The fourth-order valence-electron chi connectivity index (χ4n) is 1.62. The lowest BCUT2D eigenvalue weighted by Crippen LogP contribution is -2.48. The van der Waals surface area contributed by atoms with E-state index in [4.69, 9.17) is 0 Å². The number of rotatable bonds is 9. The van der Waals surface area contributed by atoms with Crippen LogP contribution in [0.2, 0.25) is 0 Å². The van der Waals surface area contributed by atoms with E-state index in [1.165, 1.54) is 0 Å². The lowest BCUT2D eigenvalue weighted by Gasteiger charge is -2.23. The molecule has 2 amide bonds. The predicted octanol–water partition coefficient (Wildman–Crippen LogP) is 1.24. The Morgan fingerprint density at radius 1 is 1.05 bits per heavy atom. The van der Waals surface area contributed by atoms with E-state index in [2.05, 4.69) is 29.4 Å². The van der Waals surface area contributed by atoms with Crippen molar-refractivity contribution in [1.82, 2.24) is 15.5 Å². The fourth-order valence-corrected chi connectivity index (χ4v) is 1.62. The van der Waals surface area contributed by atoms with Crippen LogP contribution >= 0.6 is 0 Å². The second kappa shape index (κ2) is 8.95. The standard InChI is InChI=1S/C15H31N3O2/c1-12(2)8-10-17-14(20)15(3,4)13(19)16-9-7-11-18(5)6/h12H,7-11H2,1-6H3,(H,16,19)(H,17,20). The highest BCUT2D eigenvalue weighted by atomic mass is 16.2. The van der Waals surface area contributed by atoms with Gasteiger partial charge in [-0.3, -0.25) is 9.59 Å². The minimum Gasteiger partial charge on any atom is -0.355 e. The molecule has 118 valence electrons. The molecule has 0 saturated carbocycles. The molecule has 0 radical (unpaired) electrons. The van der Waals surface area contributed by atoms with Crippen molar-refractivity contribution in [2.75, 3.05) is 33.7 Å². The van der Waals surface area contributed by atoms with Gasteiger partial charge in [0, 0.05) is 13.1 Å². The number of nitrogens with one attached hydrogen (secondary N) is 2. The first kappa shape index (κ1) is 18.9. The zero-order valence-electron chi connectivity index (χ0n) is 13.9. The van der Waals surface area contributed by atoms with Gasteiger partial charge < -0.3 is 15.5 Å². The molecule has 0 heterocycles. The topological polar surface area (TPSA) is 61.4 Å². The molecule has 0 aromatic carbocycles. The summed E-state index contributed by atoms with van der Waals surface area (Å²) in [5.41, 5.74) is -1.02. The van der Waals surface area contributed by atoms with Crippen LogP contribution in [0.1, 0.15) is 40.5 Å². The summed E-state index contributed by atoms with van der Waals surface area (Å²) in [7, 11) is 3.99. The van der Waals surface area contributed by atoms with E-state index in [0.29, 0.717) is 19.0 Å². The second-order valence-corrected chi connectivity index (χ2v) is 6.48. The Hall–Kier alpha value is -1.10. The molecular weight excluding hydrogens is 254 g/mol. The van der Waals surface area contributed by atoms with Gasteiger partial charge in [-0.2, -0.15) is 0 Å². The van der Waals surface area contributed by atoms with Crippen molar-refractivity contribution >= 4 is 11.8 Å². The Morgan fingerprint density at radius 3 is 2.00 bits per heavy atom. The summed E-state index contributed by atoms with van der Waals surface area (Å²) in [6.07, 6.45) is 1.80. The Balaban J connectivity index is 4.11. The first-order chi connectivity index (χ1) is 9.17. The van der Waals surface area contributed by atoms with E-state index < -0.39 is 5.41 Å². The molecule has 0 unspecified atom stereocenters. The van der Waals surface area contributed by atoms with Crippen LogP contribution in [0.3, 0.4) is 0 Å². The zero-order valence-corrected chi connectivity index (χ0v) is 13.9. The van der Waals surface area contributed by atoms with Gasteiger partial charge in [0.1, 0.15) is 5.41 Å². The van der Waals surface area contributed by atoms with Crippen LogP contribution in [-0.4, -0.2) is 50.4 Å². The highest BCUT2D eigenvalue weighted by molar-refractivity contribution is 6.04. The number of carbonyl (C=O) groups is 2. The van der Waals surface area contributed by atoms with E-state index in [1.54, 1.807) is 13.8 Å². The molecule has 0 aliphatic heterocycles. The molecule has 20 heavy (non-hydrogen) atoms. The minimum absolute atomic E-state index is 0.205. The Kier molecular flexibility index (Phi) is 8.46. The highest BCUT2D eigenvalue weighted by Crippen LogP contribution is 2.15. The average molecular weight is 285 g/mol. The van der Waals surface area contributed by atoms with Gasteiger partial charge in [0.05, 0.1) is 0 Å². The van der Waals surface area contributed by atoms with Crippen LogP contribution in [0.5, 0.6) is 0 Å². The van der Waals surface area contributed by atoms with Crippen molar-refractivity contribution in [2.45, 2.75) is 40.5 Å². The van der Waals surface area contributed by atoms with Gasteiger partial charge in [-0.1, -0.05) is 13.8 Å². The van der Waals surface area contributed by atoms with Gasteiger partial charge in [0.15, 0.2) is 0 Å². The van der Waals surface area contributed by atoms with Crippen molar-refractivity contribution < 1.29 is 9.59 Å². The van der Waals surface area contributed by atoms with E-state index in [0.717, 1.165) is 19.4 Å². The SMILES string of the molecule is CC(C)CCNC(=O)C(C)(C)C(=O)NCCCN(C)C. The van der Waals surface area contributed by atoms with E-state index in [-0.39, 0.29) is 11.8 Å². The van der Waals surface area contributed by atoms with Crippen molar-refractivity contribution in [2.24, 2.45) is 11.3 Å². The van der Waals surface area contributed by atoms with Gasteiger partial charge >= 0.3 is 0 Å². The number of carbonyl (C=O) groups excluding carboxylic acids is 2. The number of hydrogen-bond donors (Lipinski definition) is 2. The molecule has 5 heteroatoms. The molecule has 0 atom stereocenters. The third-order valence-electron chi connectivity index (χ3n) is 3.21. The summed E-state index contributed by atoms with van der Waals surface area (Å²) in [6.45, 7) is 9.68. The van der Waals surface area contributed by atoms with Crippen LogP contribution in [-0.2, 0) is 9.59 Å². The smallest absolute Gasteiger partial charge is 0.235 e. The van der Waals surface area contributed by atoms with Crippen LogP contribution < -0.4 is 10.6 Å². The molecule has 5 nitrogen and oxygen atoms in total. The number of amides is 2. The lowest BCUT2D eigenvalue weighted by atomic mass is 9.91. The van der Waals surface area contributed by atoms with Crippen LogP contribution in [0, 0.1) is 11.3 Å². The van der Waals surface area contributed by atoms with E-state index >= 15 is 0 Å². The summed E-state index contributed by atoms with van der Waals surface area (Å²) in [6, 6.07) is 0. The molecule has 0 fully saturated rings. The van der Waals surface area contributed by atoms with Gasteiger partial charge in [-0.15, -0.1) is 0 Å². The van der Waals surface area contributed by atoms with Crippen LogP contribution in [0.15, 0.2) is 0 Å². The maximum atomic E-state index is 12.1. The summed E-state index contributed by atoms with van der Waals surface area (Å²) in [4.78, 5) is 26.2. The van der Waals surface area contributed by atoms with Crippen molar-refractivity contribution in [1.29, 1.82) is 0 Å². The summed E-state index contributed by atoms with van der Waals surface area (Å²) in [5, 5.41) is 5.67. The number of hydrogen-bond acceptors (Lipinski definition) is 3. The monoisotopic (exact) mass is 285 g/mol. The molecule has 0 aromatic heterocycles. The molecule has 0 rings (SSSR count). The molecule has 0 aromatic rings. The maximum Gasteiger partial charge on any atom is 0.235 e. The fraction of sp³-hybridized carbons (Fsp3) is 0.867. The molecule has 0 aliphatic rings. The average Bonchev–Trinajstić information content (AvgIpc) is 2.33. The molecule has 0 aliphatic carbocycles. The largest absolute Gasteiger partial charge is 0.355 e. The molecule has 0 saturated heterocycles. The Bertz CT molecular complexity index is 312.